The minimum Gasteiger partial charge on any atom is -0.780 e. The van der Waals surface area contributed by atoms with Gasteiger partial charge >= 0.3 is 66.9 Å². The largest absolute Gasteiger partial charge is 1.00 e. The van der Waals surface area contributed by atoms with Crippen LogP contribution >= 0.6 is 15.6 Å². The van der Waals surface area contributed by atoms with Crippen molar-refractivity contribution >= 4 is 38.4 Å². The minimum atomic E-state index is -5.33. The molecule has 2 aliphatic carbocycles. The van der Waals surface area contributed by atoms with Crippen LogP contribution in [0.15, 0.2) is 121 Å². The van der Waals surface area contributed by atoms with Crippen LogP contribution in [0.2, 0.25) is 0 Å². The SMILES string of the molecule is COc1ccc(C2=CC(=O)CCc3c2cc(OC)c(OC)c3OC)cc1OP(=O)(OCc1ccccc1)OCc1ccccc1.COc1ccc(C2=CC(=O)CCc3c2cc(OC)c(OC)c3OC)cc1OP(=O)([O-])[O-].[Na+].[Na+]. The molecule has 0 radical (unpaired) electrons. The number of hydrogen-bond donors (Lipinski definition) is 0. The van der Waals surface area contributed by atoms with Gasteiger partial charge in [-0.05, 0) is 106 Å². The smallest absolute Gasteiger partial charge is 0.780 e. The van der Waals surface area contributed by atoms with E-state index in [1.54, 1.807) is 43.5 Å². The van der Waals surface area contributed by atoms with E-state index in [1.807, 2.05) is 66.7 Å². The summed E-state index contributed by atoms with van der Waals surface area (Å²) in [7, 11) is 2.33. The van der Waals surface area contributed by atoms with Crippen LogP contribution in [0.1, 0.15) is 57.3 Å². The van der Waals surface area contributed by atoms with Gasteiger partial charge in [0.1, 0.15) is 7.82 Å². The van der Waals surface area contributed by atoms with Crippen LogP contribution in [-0.4, -0.2) is 68.4 Å². The summed E-state index contributed by atoms with van der Waals surface area (Å²) in [5.74, 6) is 2.61. The molecule has 0 unspecified atom stereocenters. The summed E-state index contributed by atoms with van der Waals surface area (Å²) >= 11 is 0. The topological polar surface area (TPSA) is 225 Å². The number of ether oxygens (including phenoxy) is 8. The second-order valence-corrected chi connectivity index (χ2v) is 19.4. The monoisotopic (exact) mass is 1120 g/mol. The fraction of sp³-hybridized carbons (Fsp3) is 0.250. The first kappa shape index (κ1) is 63.3. The van der Waals surface area contributed by atoms with Crippen molar-refractivity contribution in [3.8, 4) is 57.5 Å². The molecular weight excluding hydrogens is 1070 g/mol. The molecule has 6 aromatic carbocycles. The second-order valence-electron chi connectivity index (χ2n) is 16.7. The Labute approximate surface area is 497 Å². The van der Waals surface area contributed by atoms with Gasteiger partial charge in [-0.25, -0.2) is 4.57 Å². The van der Waals surface area contributed by atoms with Crippen molar-refractivity contribution < 1.29 is 144 Å². The van der Waals surface area contributed by atoms with Gasteiger partial charge in [0.2, 0.25) is 11.5 Å². The molecule has 8 rings (SSSR count). The van der Waals surface area contributed by atoms with E-state index in [4.69, 9.17) is 51.5 Å². The van der Waals surface area contributed by atoms with E-state index in [1.165, 1.54) is 68.0 Å². The Morgan fingerprint density at radius 3 is 1.14 bits per heavy atom. The van der Waals surface area contributed by atoms with Crippen LogP contribution in [-0.2, 0) is 53.8 Å². The van der Waals surface area contributed by atoms with Gasteiger partial charge in [0.25, 0.3) is 0 Å². The van der Waals surface area contributed by atoms with Crippen LogP contribution in [0.3, 0.4) is 0 Å². The summed E-state index contributed by atoms with van der Waals surface area (Å²) in [5, 5.41) is 0. The molecule has 22 heteroatoms. The Kier molecular flexibility index (Phi) is 23.6. The van der Waals surface area contributed by atoms with Crippen molar-refractivity contribution in [1.82, 2.24) is 0 Å². The number of phosphoric acid groups is 2. The van der Waals surface area contributed by atoms with Crippen molar-refractivity contribution in [2.75, 3.05) is 56.9 Å². The van der Waals surface area contributed by atoms with E-state index in [9.17, 15) is 28.5 Å². The van der Waals surface area contributed by atoms with E-state index < -0.39 is 15.6 Å². The molecule has 0 saturated carbocycles. The first-order valence-electron chi connectivity index (χ1n) is 23.5. The van der Waals surface area contributed by atoms with Crippen molar-refractivity contribution in [3.05, 3.63) is 166 Å². The minimum absolute atomic E-state index is 0. The average Bonchev–Trinajstić information content (AvgIpc) is 3.79. The first-order chi connectivity index (χ1) is 36.6. The van der Waals surface area contributed by atoms with Gasteiger partial charge in [-0.3, -0.25) is 18.6 Å². The molecule has 0 bridgehead atoms. The van der Waals surface area contributed by atoms with Crippen molar-refractivity contribution in [1.29, 1.82) is 0 Å². The van der Waals surface area contributed by atoms with Crippen LogP contribution in [0.4, 0.5) is 0 Å². The van der Waals surface area contributed by atoms with E-state index >= 15 is 0 Å². The predicted molar refractivity (Wildman–Crippen MR) is 278 cm³/mol. The number of allylic oxidation sites excluding steroid dienone is 2. The molecule has 2 aliphatic rings. The van der Waals surface area contributed by atoms with Crippen LogP contribution in [0.25, 0.3) is 11.1 Å². The van der Waals surface area contributed by atoms with Crippen LogP contribution in [0.5, 0.6) is 57.5 Å². The number of carbonyl (C=O) groups excluding carboxylic acids is 2. The van der Waals surface area contributed by atoms with E-state index in [0.29, 0.717) is 80.9 Å². The molecule has 0 fully saturated rings. The maximum absolute atomic E-state index is 14.2. The van der Waals surface area contributed by atoms with E-state index in [-0.39, 0.29) is 114 Å². The van der Waals surface area contributed by atoms with Crippen LogP contribution in [0, 0.1) is 0 Å². The number of phosphoric ester groups is 2. The van der Waals surface area contributed by atoms with Gasteiger partial charge in [-0.1, -0.05) is 72.8 Å². The number of methoxy groups -OCH3 is 8. The number of benzene rings is 6. The number of rotatable bonds is 20. The first-order valence-corrected chi connectivity index (χ1v) is 26.4. The van der Waals surface area contributed by atoms with Gasteiger partial charge in [0, 0.05) is 24.0 Å². The molecule has 18 nitrogen and oxygen atoms in total. The third-order valence-electron chi connectivity index (χ3n) is 12.1. The summed E-state index contributed by atoms with van der Waals surface area (Å²) in [5.41, 5.74) is 6.62. The Bertz CT molecular complexity index is 3190. The molecular formula is C56H56Na2O18P2. The van der Waals surface area contributed by atoms with Gasteiger partial charge in [-0.15, -0.1) is 0 Å². The third-order valence-corrected chi connectivity index (χ3v) is 13.9. The predicted octanol–water partition coefficient (Wildman–Crippen LogP) is 3.47. The normalized spacial score (nSPS) is 12.8. The number of carbonyl (C=O) groups is 2. The van der Waals surface area contributed by atoms with Gasteiger partial charge < -0.3 is 61.3 Å². The summed E-state index contributed by atoms with van der Waals surface area (Å²) < 4.78 is 91.8. The third kappa shape index (κ3) is 15.4. The fourth-order valence-electron chi connectivity index (χ4n) is 8.62. The Balaban J connectivity index is 0.000000299. The van der Waals surface area contributed by atoms with E-state index in [0.717, 1.165) is 27.8 Å². The molecule has 0 aliphatic heterocycles. The number of hydrogen-bond acceptors (Lipinski definition) is 18. The molecule has 0 atom stereocenters. The molecule has 0 aromatic heterocycles. The van der Waals surface area contributed by atoms with Gasteiger partial charge in [-0.2, -0.15) is 0 Å². The van der Waals surface area contributed by atoms with Gasteiger partial charge in [0.15, 0.2) is 57.6 Å². The zero-order valence-electron chi connectivity index (χ0n) is 45.0. The molecule has 0 spiro atoms. The maximum Gasteiger partial charge on any atom is 1.00 e. The number of ketones is 2. The Morgan fingerprint density at radius 1 is 0.423 bits per heavy atom. The van der Waals surface area contributed by atoms with Crippen molar-refractivity contribution in [3.63, 3.8) is 0 Å². The van der Waals surface area contributed by atoms with E-state index in [2.05, 4.69) is 4.52 Å². The second kappa shape index (κ2) is 29.1. The fourth-order valence-corrected chi connectivity index (χ4v) is 10.2. The molecule has 0 N–H and O–H groups in total. The summed E-state index contributed by atoms with van der Waals surface area (Å²) in [6.45, 7) is -0.0211. The van der Waals surface area contributed by atoms with Gasteiger partial charge in [0.05, 0.1) is 70.1 Å². The Morgan fingerprint density at radius 2 is 0.795 bits per heavy atom. The molecule has 0 amide bonds. The zero-order valence-corrected chi connectivity index (χ0v) is 50.8. The zero-order chi connectivity index (χ0) is 54.6. The molecule has 0 saturated heterocycles. The Hall–Kier alpha value is -5.56. The summed E-state index contributed by atoms with van der Waals surface area (Å²) in [4.78, 5) is 47.9. The quantitative estimate of drug-likeness (QED) is 0.0788. The molecule has 0 heterocycles. The van der Waals surface area contributed by atoms with Crippen molar-refractivity contribution in [2.24, 2.45) is 0 Å². The van der Waals surface area contributed by atoms with Crippen molar-refractivity contribution in [2.45, 2.75) is 38.9 Å². The molecule has 78 heavy (non-hydrogen) atoms. The average molecular weight is 1120 g/mol. The standard InChI is InChI=1S/C35H35O9P.C21H23O9P.2Na/c1-38-31-18-15-26(29-20-27(36)16-17-28-30(29)21-33(39-2)35(41-4)34(28)40-3)19-32(31)44-45(37,42-22-24-11-7-5-8-12-24)43-23-25-13-9-6-10-14-25;1-26-17-8-5-12(9-18(17)30-31(23,24)25)15-10-13(22)6-7-14-16(15)11-19(27-2)21(29-4)20(14)28-3;;/h5-15,18-21H,16-17,22-23H2,1-4H3;5,8-11H,6-7H2,1-4H3,(H2,23,24,25);;/q;;2*+1/p-2. The summed E-state index contributed by atoms with van der Waals surface area (Å²) in [6.07, 6.45) is 4.38. The molecule has 400 valence electrons. The number of fused-ring (bicyclic) bond motifs is 2. The maximum atomic E-state index is 14.2. The summed E-state index contributed by atoms with van der Waals surface area (Å²) in [6, 6.07) is 31.7. The van der Waals surface area contributed by atoms with Crippen LogP contribution < -0.4 is 116 Å². The molecule has 6 aromatic rings.